The van der Waals surface area contributed by atoms with Crippen LogP contribution in [0.5, 0.6) is 0 Å². The predicted octanol–water partition coefficient (Wildman–Crippen LogP) is 1.82. The van der Waals surface area contributed by atoms with Crippen molar-refractivity contribution >= 4 is 11.8 Å². The minimum atomic E-state index is -0.302. The quantitative estimate of drug-likeness (QED) is 0.799. The Kier molecular flexibility index (Phi) is 7.18. The average Bonchev–Trinajstić information content (AvgIpc) is 2.55. The number of benzene rings is 1. The summed E-state index contributed by atoms with van der Waals surface area (Å²) < 4.78 is 13.6. The number of piperidine rings is 1. The maximum absolute atomic E-state index is 13.6. The molecule has 0 bridgehead atoms. The summed E-state index contributed by atoms with van der Waals surface area (Å²) in [6.45, 7) is 3.55. The molecule has 24 heavy (non-hydrogen) atoms. The minimum absolute atomic E-state index is 0.0278. The highest BCUT2D eigenvalue weighted by Gasteiger charge is 2.23. The molecule has 0 spiro atoms. The Morgan fingerprint density at radius 1 is 1.25 bits per heavy atom. The van der Waals surface area contributed by atoms with Gasteiger partial charge in [-0.3, -0.25) is 14.5 Å². The van der Waals surface area contributed by atoms with Gasteiger partial charge in [0.05, 0.1) is 6.54 Å². The van der Waals surface area contributed by atoms with E-state index in [1.807, 2.05) is 0 Å². The lowest BCUT2D eigenvalue weighted by Crippen LogP contribution is -2.46. The van der Waals surface area contributed by atoms with Crippen molar-refractivity contribution in [2.45, 2.75) is 45.2 Å². The van der Waals surface area contributed by atoms with Crippen molar-refractivity contribution in [3.8, 4) is 0 Å². The largest absolute Gasteiger partial charge is 0.356 e. The van der Waals surface area contributed by atoms with Gasteiger partial charge in [-0.25, -0.2) is 4.39 Å². The molecule has 1 heterocycles. The van der Waals surface area contributed by atoms with E-state index >= 15 is 0 Å². The topological polar surface area (TPSA) is 61.4 Å². The molecule has 1 unspecified atom stereocenters. The maximum Gasteiger partial charge on any atom is 0.234 e. The molecule has 0 aromatic heterocycles. The number of likely N-dealkylation sites (tertiary alicyclic amines) is 1. The zero-order chi connectivity index (χ0) is 17.4. The molecule has 1 aliphatic rings. The molecule has 132 valence electrons. The van der Waals surface area contributed by atoms with Gasteiger partial charge in [-0.1, -0.05) is 24.6 Å². The van der Waals surface area contributed by atoms with Crippen molar-refractivity contribution in [2.24, 2.45) is 0 Å². The van der Waals surface area contributed by atoms with Gasteiger partial charge in [0.1, 0.15) is 5.82 Å². The molecule has 1 aromatic carbocycles. The van der Waals surface area contributed by atoms with E-state index in [1.54, 1.807) is 18.2 Å². The average molecular weight is 335 g/mol. The van der Waals surface area contributed by atoms with Gasteiger partial charge in [0.25, 0.3) is 0 Å². The summed E-state index contributed by atoms with van der Waals surface area (Å²) in [6, 6.07) is 6.77. The highest BCUT2D eigenvalue weighted by atomic mass is 19.1. The number of nitrogens with zero attached hydrogens (tertiary/aromatic N) is 1. The zero-order valence-corrected chi connectivity index (χ0v) is 14.2. The number of hydrogen-bond donors (Lipinski definition) is 2. The van der Waals surface area contributed by atoms with Crippen LogP contribution in [0.25, 0.3) is 0 Å². The molecule has 2 rings (SSSR count). The molecule has 1 fully saturated rings. The third kappa shape index (κ3) is 5.92. The number of hydrogen-bond acceptors (Lipinski definition) is 3. The fourth-order valence-electron chi connectivity index (χ4n) is 3.09. The molecule has 0 aliphatic carbocycles. The molecule has 6 heteroatoms. The standard InChI is InChI=1S/C18H26FN3O2/c1-14(23)20-10-9-16-7-4-5-11-22(16)13-18(24)21-12-15-6-2-3-8-17(15)19/h2-3,6,8,16H,4-5,7,9-13H2,1H3,(H,20,23)(H,21,24). The van der Waals surface area contributed by atoms with Crippen LogP contribution < -0.4 is 10.6 Å². The maximum atomic E-state index is 13.6. The fraction of sp³-hybridized carbons (Fsp3) is 0.556. The van der Waals surface area contributed by atoms with Gasteiger partial charge in [0, 0.05) is 31.6 Å². The van der Waals surface area contributed by atoms with Crippen LogP contribution in [0, 0.1) is 5.82 Å². The molecule has 0 saturated carbocycles. The van der Waals surface area contributed by atoms with Crippen LogP contribution in [0.4, 0.5) is 4.39 Å². The Labute approximate surface area is 142 Å². The number of carbonyl (C=O) groups excluding carboxylic acids is 2. The monoisotopic (exact) mass is 335 g/mol. The summed E-state index contributed by atoms with van der Waals surface area (Å²) >= 11 is 0. The predicted molar refractivity (Wildman–Crippen MR) is 90.8 cm³/mol. The molecule has 1 aromatic rings. The first kappa shape index (κ1) is 18.4. The summed E-state index contributed by atoms with van der Waals surface area (Å²) in [5, 5.41) is 5.60. The van der Waals surface area contributed by atoms with Gasteiger partial charge in [-0.15, -0.1) is 0 Å². The van der Waals surface area contributed by atoms with Crippen LogP contribution in [-0.2, 0) is 16.1 Å². The Balaban J connectivity index is 1.79. The smallest absolute Gasteiger partial charge is 0.234 e. The van der Waals surface area contributed by atoms with Gasteiger partial charge in [-0.05, 0) is 31.9 Å². The lowest BCUT2D eigenvalue weighted by Gasteiger charge is -2.35. The lowest BCUT2D eigenvalue weighted by molar-refractivity contribution is -0.123. The molecule has 5 nitrogen and oxygen atoms in total. The van der Waals surface area contributed by atoms with Crippen molar-refractivity contribution in [3.05, 3.63) is 35.6 Å². The number of amides is 2. The summed E-state index contributed by atoms with van der Waals surface area (Å²) in [6.07, 6.45) is 4.12. The van der Waals surface area contributed by atoms with Gasteiger partial charge in [0.2, 0.25) is 11.8 Å². The summed E-state index contributed by atoms with van der Waals surface area (Å²) in [7, 11) is 0. The summed E-state index contributed by atoms with van der Waals surface area (Å²) in [4.78, 5) is 25.3. The Morgan fingerprint density at radius 3 is 2.79 bits per heavy atom. The van der Waals surface area contributed by atoms with Crippen LogP contribution in [-0.4, -0.2) is 42.4 Å². The first-order valence-electron chi connectivity index (χ1n) is 8.55. The van der Waals surface area contributed by atoms with Crippen LogP contribution in [0.1, 0.15) is 38.2 Å². The Hall–Kier alpha value is -1.95. The zero-order valence-electron chi connectivity index (χ0n) is 14.2. The van der Waals surface area contributed by atoms with E-state index in [0.29, 0.717) is 24.7 Å². The molecule has 2 amide bonds. The van der Waals surface area contributed by atoms with E-state index in [1.165, 1.54) is 13.0 Å². The van der Waals surface area contributed by atoms with E-state index in [0.717, 1.165) is 32.2 Å². The van der Waals surface area contributed by atoms with Crippen molar-refractivity contribution in [2.75, 3.05) is 19.6 Å². The first-order chi connectivity index (χ1) is 11.6. The number of carbonyl (C=O) groups is 2. The number of rotatable bonds is 7. The van der Waals surface area contributed by atoms with Gasteiger partial charge in [-0.2, -0.15) is 0 Å². The molecule has 1 aliphatic heterocycles. The van der Waals surface area contributed by atoms with E-state index in [2.05, 4.69) is 15.5 Å². The lowest BCUT2D eigenvalue weighted by atomic mass is 9.99. The van der Waals surface area contributed by atoms with Crippen molar-refractivity contribution in [3.63, 3.8) is 0 Å². The summed E-state index contributed by atoms with van der Waals surface area (Å²) in [5.74, 6) is -0.423. The van der Waals surface area contributed by atoms with E-state index < -0.39 is 0 Å². The minimum Gasteiger partial charge on any atom is -0.356 e. The normalized spacial score (nSPS) is 18.2. The molecule has 2 N–H and O–H groups in total. The number of nitrogens with one attached hydrogen (secondary N) is 2. The van der Waals surface area contributed by atoms with Crippen molar-refractivity contribution < 1.29 is 14.0 Å². The van der Waals surface area contributed by atoms with Gasteiger partial charge in [0.15, 0.2) is 0 Å². The van der Waals surface area contributed by atoms with E-state index in [9.17, 15) is 14.0 Å². The fourth-order valence-corrected chi connectivity index (χ4v) is 3.09. The second-order valence-electron chi connectivity index (χ2n) is 6.26. The van der Waals surface area contributed by atoms with Crippen LogP contribution in [0.15, 0.2) is 24.3 Å². The third-order valence-electron chi connectivity index (χ3n) is 4.38. The van der Waals surface area contributed by atoms with E-state index in [-0.39, 0.29) is 24.2 Å². The highest BCUT2D eigenvalue weighted by molar-refractivity contribution is 5.78. The molecule has 1 saturated heterocycles. The first-order valence-corrected chi connectivity index (χ1v) is 8.55. The number of halogens is 1. The molecular weight excluding hydrogens is 309 g/mol. The van der Waals surface area contributed by atoms with Crippen LogP contribution in [0.3, 0.4) is 0 Å². The van der Waals surface area contributed by atoms with Gasteiger partial charge >= 0.3 is 0 Å². The Bertz CT molecular complexity index is 565. The Morgan fingerprint density at radius 2 is 2.04 bits per heavy atom. The third-order valence-corrected chi connectivity index (χ3v) is 4.38. The van der Waals surface area contributed by atoms with Crippen LogP contribution >= 0.6 is 0 Å². The second-order valence-corrected chi connectivity index (χ2v) is 6.26. The van der Waals surface area contributed by atoms with Crippen molar-refractivity contribution in [1.29, 1.82) is 0 Å². The molecule has 1 atom stereocenters. The molecular formula is C18H26FN3O2. The molecule has 0 radical (unpaired) electrons. The summed E-state index contributed by atoms with van der Waals surface area (Å²) in [5.41, 5.74) is 0.492. The highest BCUT2D eigenvalue weighted by Crippen LogP contribution is 2.19. The van der Waals surface area contributed by atoms with Crippen molar-refractivity contribution in [1.82, 2.24) is 15.5 Å². The second kappa shape index (κ2) is 9.37. The van der Waals surface area contributed by atoms with E-state index in [4.69, 9.17) is 0 Å². The van der Waals surface area contributed by atoms with Crippen LogP contribution in [0.2, 0.25) is 0 Å². The van der Waals surface area contributed by atoms with Gasteiger partial charge < -0.3 is 10.6 Å². The SMILES string of the molecule is CC(=O)NCCC1CCCCN1CC(=O)NCc1ccccc1F.